The summed E-state index contributed by atoms with van der Waals surface area (Å²) in [6.07, 6.45) is 1.32. The maximum absolute atomic E-state index is 13.1. The van der Waals surface area contributed by atoms with Crippen molar-refractivity contribution in [3.63, 3.8) is 0 Å². The van der Waals surface area contributed by atoms with Gasteiger partial charge in [0.2, 0.25) is 5.91 Å². The summed E-state index contributed by atoms with van der Waals surface area (Å²) in [6.45, 7) is 2.04. The smallest absolute Gasteiger partial charge is 0.225 e. The summed E-state index contributed by atoms with van der Waals surface area (Å²) >= 11 is 12.4. The van der Waals surface area contributed by atoms with Crippen molar-refractivity contribution < 1.29 is 9.59 Å². The number of ketones is 1. The maximum Gasteiger partial charge on any atom is 0.225 e. The van der Waals surface area contributed by atoms with Crippen molar-refractivity contribution in [2.45, 2.75) is 38.0 Å². The van der Waals surface area contributed by atoms with Crippen LogP contribution in [0.3, 0.4) is 0 Å². The number of amides is 1. The van der Waals surface area contributed by atoms with Crippen LogP contribution in [-0.2, 0) is 9.59 Å². The molecule has 1 heterocycles. The number of halogens is 2. The summed E-state index contributed by atoms with van der Waals surface area (Å²) in [6, 6.07) is 13.5. The monoisotopic (exact) mass is 399 g/mol. The molecule has 2 aromatic rings. The number of carbonyl (C=O) groups is 2. The van der Waals surface area contributed by atoms with Crippen molar-refractivity contribution in [2.24, 2.45) is 0 Å². The predicted octanol–water partition coefficient (Wildman–Crippen LogP) is 5.31. The van der Waals surface area contributed by atoms with E-state index < -0.39 is 0 Å². The van der Waals surface area contributed by atoms with E-state index in [0.29, 0.717) is 28.5 Å². The van der Waals surface area contributed by atoms with E-state index >= 15 is 0 Å². The molecule has 1 N–H and O–H groups in total. The number of hydrogen-bond donors (Lipinski definition) is 1. The molecule has 1 aliphatic heterocycles. The number of Topliss-reactive ketones (excluding diaryl/α,β-unsaturated/α-hetero) is 1. The Morgan fingerprint density at radius 2 is 1.70 bits per heavy atom. The number of hydrogen-bond acceptors (Lipinski definition) is 2. The standard InChI is InChI=1S/C22H19Cl2NO2/c1-12-2-4-13(5-3-12)14-8-19-22(20(26)9-14)17(11-21(27)25-19)16-7-6-15(23)10-18(16)24/h2-7,10,14,17H,8-9,11H2,1H3,(H,25,27). The highest BCUT2D eigenvalue weighted by Crippen LogP contribution is 2.44. The number of rotatable bonds is 2. The number of carbonyl (C=O) groups excluding carboxylic acids is 2. The number of benzene rings is 2. The molecule has 1 aliphatic carbocycles. The van der Waals surface area contributed by atoms with Gasteiger partial charge < -0.3 is 5.32 Å². The lowest BCUT2D eigenvalue weighted by Crippen LogP contribution is -2.38. The van der Waals surface area contributed by atoms with Crippen molar-refractivity contribution in [2.75, 3.05) is 0 Å². The summed E-state index contributed by atoms with van der Waals surface area (Å²) in [7, 11) is 0. The van der Waals surface area contributed by atoms with E-state index in [-0.39, 0.29) is 29.9 Å². The Hall–Kier alpha value is -2.10. The number of aryl methyl sites for hydroxylation is 1. The van der Waals surface area contributed by atoms with Gasteiger partial charge in [-0.3, -0.25) is 9.59 Å². The minimum atomic E-state index is -0.315. The van der Waals surface area contributed by atoms with Gasteiger partial charge in [0.25, 0.3) is 0 Å². The normalized spacial score (nSPS) is 22.5. The maximum atomic E-state index is 13.1. The molecule has 138 valence electrons. The minimum Gasteiger partial charge on any atom is -0.329 e. The fourth-order valence-electron chi connectivity index (χ4n) is 4.08. The summed E-state index contributed by atoms with van der Waals surface area (Å²) in [5.74, 6) is -0.235. The summed E-state index contributed by atoms with van der Waals surface area (Å²) in [5.41, 5.74) is 4.53. The molecule has 5 heteroatoms. The zero-order valence-electron chi connectivity index (χ0n) is 14.9. The first kappa shape index (κ1) is 18.3. The third-order valence-electron chi connectivity index (χ3n) is 5.42. The van der Waals surface area contributed by atoms with E-state index in [1.54, 1.807) is 12.1 Å². The lowest BCUT2D eigenvalue weighted by atomic mass is 9.73. The van der Waals surface area contributed by atoms with Crippen LogP contribution >= 0.6 is 23.2 Å². The molecule has 0 saturated heterocycles. The molecule has 0 radical (unpaired) electrons. The zero-order chi connectivity index (χ0) is 19.1. The molecule has 2 atom stereocenters. The summed E-state index contributed by atoms with van der Waals surface area (Å²) in [5, 5.41) is 3.96. The van der Waals surface area contributed by atoms with E-state index in [1.165, 1.54) is 5.56 Å². The first-order chi connectivity index (χ1) is 12.9. The molecule has 2 aliphatic rings. The molecule has 0 bridgehead atoms. The van der Waals surface area contributed by atoms with Gasteiger partial charge in [0.1, 0.15) is 0 Å². The van der Waals surface area contributed by atoms with Gasteiger partial charge in [-0.25, -0.2) is 0 Å². The first-order valence-electron chi connectivity index (χ1n) is 9.00. The lowest BCUT2D eigenvalue weighted by molar-refractivity contribution is -0.122. The summed E-state index contributed by atoms with van der Waals surface area (Å²) < 4.78 is 0. The van der Waals surface area contributed by atoms with Gasteiger partial charge in [0.05, 0.1) is 0 Å². The average molecular weight is 400 g/mol. The lowest BCUT2D eigenvalue weighted by Gasteiger charge is -2.34. The summed E-state index contributed by atoms with van der Waals surface area (Å²) in [4.78, 5) is 25.4. The third kappa shape index (κ3) is 3.54. The number of nitrogens with one attached hydrogen (secondary N) is 1. The van der Waals surface area contributed by atoms with E-state index in [0.717, 1.165) is 16.8 Å². The van der Waals surface area contributed by atoms with Gasteiger partial charge in [-0.15, -0.1) is 0 Å². The fourth-order valence-corrected chi connectivity index (χ4v) is 4.62. The first-order valence-corrected chi connectivity index (χ1v) is 9.75. The number of allylic oxidation sites excluding steroid dienone is 2. The molecule has 0 fully saturated rings. The molecule has 2 aromatic carbocycles. The molecule has 27 heavy (non-hydrogen) atoms. The predicted molar refractivity (Wildman–Crippen MR) is 107 cm³/mol. The van der Waals surface area contributed by atoms with Crippen LogP contribution in [-0.4, -0.2) is 11.7 Å². The van der Waals surface area contributed by atoms with E-state index in [2.05, 4.69) is 29.6 Å². The van der Waals surface area contributed by atoms with Crippen LogP contribution in [0.2, 0.25) is 10.0 Å². The van der Waals surface area contributed by atoms with Gasteiger partial charge in [0.15, 0.2) is 5.78 Å². The van der Waals surface area contributed by atoms with E-state index in [1.807, 2.05) is 13.0 Å². The van der Waals surface area contributed by atoms with Gasteiger partial charge in [-0.05, 0) is 42.5 Å². The highest BCUT2D eigenvalue weighted by Gasteiger charge is 2.38. The Morgan fingerprint density at radius 1 is 0.963 bits per heavy atom. The van der Waals surface area contributed by atoms with Crippen LogP contribution in [0.15, 0.2) is 53.7 Å². The quantitative estimate of drug-likeness (QED) is 0.743. The van der Waals surface area contributed by atoms with Crippen LogP contribution in [0.25, 0.3) is 0 Å². The minimum absolute atomic E-state index is 0.0802. The largest absolute Gasteiger partial charge is 0.329 e. The second-order valence-corrected chi connectivity index (χ2v) is 8.15. The highest BCUT2D eigenvalue weighted by molar-refractivity contribution is 6.35. The SMILES string of the molecule is Cc1ccc(C2CC(=O)C3=C(C2)NC(=O)CC3c2ccc(Cl)cc2Cl)cc1. The molecule has 0 aromatic heterocycles. The molecular weight excluding hydrogens is 381 g/mol. The van der Waals surface area contributed by atoms with E-state index in [4.69, 9.17) is 23.2 Å². The van der Waals surface area contributed by atoms with Crippen LogP contribution < -0.4 is 5.32 Å². The van der Waals surface area contributed by atoms with Crippen LogP contribution in [0.1, 0.15) is 47.8 Å². The Labute approximate surface area is 168 Å². The molecule has 3 nitrogen and oxygen atoms in total. The van der Waals surface area contributed by atoms with E-state index in [9.17, 15) is 9.59 Å². The van der Waals surface area contributed by atoms with Crippen LogP contribution in [0.5, 0.6) is 0 Å². The molecule has 4 rings (SSSR count). The Morgan fingerprint density at radius 3 is 2.41 bits per heavy atom. The molecule has 1 amide bonds. The van der Waals surface area contributed by atoms with Gasteiger partial charge in [0, 0.05) is 40.1 Å². The van der Waals surface area contributed by atoms with Gasteiger partial charge >= 0.3 is 0 Å². The third-order valence-corrected chi connectivity index (χ3v) is 5.99. The molecular formula is C22H19Cl2NO2. The van der Waals surface area contributed by atoms with Crippen molar-refractivity contribution in [3.05, 3.63) is 80.5 Å². The Bertz CT molecular complexity index is 963. The molecule has 2 unspecified atom stereocenters. The topological polar surface area (TPSA) is 46.2 Å². The average Bonchev–Trinajstić information content (AvgIpc) is 2.61. The van der Waals surface area contributed by atoms with Crippen LogP contribution in [0, 0.1) is 6.92 Å². The van der Waals surface area contributed by atoms with Crippen molar-refractivity contribution in [1.82, 2.24) is 5.32 Å². The van der Waals surface area contributed by atoms with Crippen molar-refractivity contribution >= 4 is 34.9 Å². The zero-order valence-corrected chi connectivity index (χ0v) is 16.4. The van der Waals surface area contributed by atoms with Crippen molar-refractivity contribution in [1.29, 1.82) is 0 Å². The Kier molecular flexibility index (Phi) is 4.83. The van der Waals surface area contributed by atoms with Gasteiger partial charge in [-0.1, -0.05) is 59.1 Å². The van der Waals surface area contributed by atoms with Gasteiger partial charge in [-0.2, -0.15) is 0 Å². The second kappa shape index (κ2) is 7.14. The molecule has 0 saturated carbocycles. The molecule has 0 spiro atoms. The highest BCUT2D eigenvalue weighted by atomic mass is 35.5. The second-order valence-electron chi connectivity index (χ2n) is 7.30. The van der Waals surface area contributed by atoms with Crippen molar-refractivity contribution in [3.8, 4) is 0 Å². The van der Waals surface area contributed by atoms with Crippen LogP contribution in [0.4, 0.5) is 0 Å². The Balaban J connectivity index is 1.73. The fraction of sp³-hybridized carbons (Fsp3) is 0.273.